The van der Waals surface area contributed by atoms with Crippen LogP contribution in [0.3, 0.4) is 0 Å². The van der Waals surface area contributed by atoms with Crippen LogP contribution in [0.5, 0.6) is 0 Å². The van der Waals surface area contributed by atoms with Gasteiger partial charge in [0, 0.05) is 24.7 Å². The van der Waals surface area contributed by atoms with Crippen molar-refractivity contribution >= 4 is 21.8 Å². The molecule has 0 radical (unpaired) electrons. The van der Waals surface area contributed by atoms with Gasteiger partial charge in [0.2, 0.25) is 0 Å². The number of nitrogens with two attached hydrogens (primary N) is 1. The van der Waals surface area contributed by atoms with E-state index in [2.05, 4.69) is 15.9 Å². The molecule has 1 aliphatic carbocycles. The molecule has 2 fully saturated rings. The molecule has 1 aromatic rings. The SMILES string of the molecule is NCC1CC2CC2N1C(=O)c1cc(Br)co1. The highest BCUT2D eigenvalue weighted by Crippen LogP contribution is 2.48. The van der Waals surface area contributed by atoms with Crippen LogP contribution in [-0.2, 0) is 0 Å². The van der Waals surface area contributed by atoms with E-state index in [-0.39, 0.29) is 11.9 Å². The molecule has 2 N–H and O–H groups in total. The molecule has 3 unspecified atom stereocenters. The smallest absolute Gasteiger partial charge is 0.290 e. The van der Waals surface area contributed by atoms with Gasteiger partial charge in [-0.15, -0.1) is 0 Å². The highest BCUT2D eigenvalue weighted by atomic mass is 79.9. The molecule has 0 aromatic carbocycles. The van der Waals surface area contributed by atoms with E-state index in [9.17, 15) is 4.79 Å². The van der Waals surface area contributed by atoms with E-state index < -0.39 is 0 Å². The predicted molar refractivity (Wildman–Crippen MR) is 61.9 cm³/mol. The molecule has 16 heavy (non-hydrogen) atoms. The van der Waals surface area contributed by atoms with Crippen molar-refractivity contribution in [3.05, 3.63) is 22.6 Å². The minimum atomic E-state index is -0.0221. The number of likely N-dealkylation sites (tertiary alicyclic amines) is 1. The minimum absolute atomic E-state index is 0.0221. The van der Waals surface area contributed by atoms with Gasteiger partial charge in [-0.25, -0.2) is 0 Å². The van der Waals surface area contributed by atoms with Crippen LogP contribution in [0, 0.1) is 5.92 Å². The molecule has 0 bridgehead atoms. The number of piperidine rings is 1. The standard InChI is InChI=1S/C11H13BrN2O2/c12-7-3-10(16-5-7)11(15)14-8(4-13)1-6-2-9(6)14/h3,5-6,8-9H,1-2,4,13H2. The van der Waals surface area contributed by atoms with Gasteiger partial charge in [0.25, 0.3) is 5.91 Å². The first-order chi connectivity index (χ1) is 7.70. The van der Waals surface area contributed by atoms with Crippen LogP contribution in [0.1, 0.15) is 23.4 Å². The third-order valence-electron chi connectivity index (χ3n) is 3.50. The van der Waals surface area contributed by atoms with E-state index in [4.69, 9.17) is 10.2 Å². The molecule has 1 amide bonds. The molecule has 2 aliphatic rings. The van der Waals surface area contributed by atoms with Gasteiger partial charge in [0.05, 0.1) is 4.47 Å². The molecular weight excluding hydrogens is 272 g/mol. The maximum absolute atomic E-state index is 12.2. The Kier molecular flexibility index (Phi) is 2.33. The molecule has 1 aromatic heterocycles. The zero-order chi connectivity index (χ0) is 11.3. The molecule has 3 rings (SSSR count). The van der Waals surface area contributed by atoms with Gasteiger partial charge >= 0.3 is 0 Å². The van der Waals surface area contributed by atoms with E-state index >= 15 is 0 Å². The Labute approximate surface area is 102 Å². The number of amides is 1. The van der Waals surface area contributed by atoms with Crippen molar-refractivity contribution in [2.24, 2.45) is 11.7 Å². The molecule has 1 saturated carbocycles. The van der Waals surface area contributed by atoms with Crippen molar-refractivity contribution < 1.29 is 9.21 Å². The lowest BCUT2D eigenvalue weighted by atomic mass is 10.1. The topological polar surface area (TPSA) is 59.5 Å². The maximum atomic E-state index is 12.2. The number of furan rings is 1. The molecule has 1 saturated heterocycles. The molecule has 3 atom stereocenters. The summed E-state index contributed by atoms with van der Waals surface area (Å²) in [6.07, 6.45) is 3.71. The second kappa shape index (κ2) is 3.60. The summed E-state index contributed by atoms with van der Waals surface area (Å²) >= 11 is 3.28. The maximum Gasteiger partial charge on any atom is 0.290 e. The fourth-order valence-electron chi connectivity index (χ4n) is 2.64. The van der Waals surface area contributed by atoms with Crippen molar-refractivity contribution in [2.75, 3.05) is 6.54 Å². The summed E-state index contributed by atoms with van der Waals surface area (Å²) in [5.41, 5.74) is 5.69. The zero-order valence-corrected chi connectivity index (χ0v) is 10.3. The third-order valence-corrected chi connectivity index (χ3v) is 3.91. The molecule has 2 heterocycles. The molecule has 0 spiro atoms. The number of nitrogens with zero attached hydrogens (tertiary/aromatic N) is 1. The fourth-order valence-corrected chi connectivity index (χ4v) is 2.94. The quantitative estimate of drug-likeness (QED) is 0.898. The fraction of sp³-hybridized carbons (Fsp3) is 0.545. The van der Waals surface area contributed by atoms with E-state index in [1.54, 1.807) is 6.07 Å². The number of carbonyl (C=O) groups excluding carboxylic acids is 1. The van der Waals surface area contributed by atoms with Crippen LogP contribution in [0.25, 0.3) is 0 Å². The van der Waals surface area contributed by atoms with Crippen molar-refractivity contribution in [3.63, 3.8) is 0 Å². The molecule has 1 aliphatic heterocycles. The van der Waals surface area contributed by atoms with E-state index in [0.717, 1.165) is 17.3 Å². The Hall–Kier alpha value is -0.810. The van der Waals surface area contributed by atoms with Crippen LogP contribution in [0.2, 0.25) is 0 Å². The molecule has 5 heteroatoms. The summed E-state index contributed by atoms with van der Waals surface area (Å²) in [5, 5.41) is 0. The first kappa shape index (κ1) is 10.4. The lowest BCUT2D eigenvalue weighted by molar-refractivity contribution is 0.0673. The van der Waals surface area contributed by atoms with Crippen molar-refractivity contribution in [1.82, 2.24) is 4.90 Å². The van der Waals surface area contributed by atoms with Crippen molar-refractivity contribution in [1.29, 1.82) is 0 Å². The monoisotopic (exact) mass is 284 g/mol. The summed E-state index contributed by atoms with van der Waals surface area (Å²) in [7, 11) is 0. The van der Waals surface area contributed by atoms with Crippen LogP contribution in [0.4, 0.5) is 0 Å². The number of fused-ring (bicyclic) bond motifs is 1. The van der Waals surface area contributed by atoms with Crippen LogP contribution in [0.15, 0.2) is 21.2 Å². The summed E-state index contributed by atoms with van der Waals surface area (Å²) < 4.78 is 6.02. The molecular formula is C11H13BrN2O2. The highest BCUT2D eigenvalue weighted by molar-refractivity contribution is 9.10. The van der Waals surface area contributed by atoms with Gasteiger partial charge in [-0.1, -0.05) is 0 Å². The number of hydrogen-bond acceptors (Lipinski definition) is 3. The Morgan fingerprint density at radius 2 is 2.44 bits per heavy atom. The van der Waals surface area contributed by atoms with Gasteiger partial charge in [-0.2, -0.15) is 0 Å². The van der Waals surface area contributed by atoms with E-state index in [1.807, 2.05) is 4.90 Å². The van der Waals surface area contributed by atoms with Crippen LogP contribution in [-0.4, -0.2) is 29.4 Å². The average Bonchev–Trinajstić information content (AvgIpc) is 2.74. The molecule has 4 nitrogen and oxygen atoms in total. The normalized spacial score (nSPS) is 31.6. The summed E-state index contributed by atoms with van der Waals surface area (Å²) in [6, 6.07) is 2.32. The molecule has 86 valence electrons. The van der Waals surface area contributed by atoms with Crippen molar-refractivity contribution in [2.45, 2.75) is 24.9 Å². The lowest BCUT2D eigenvalue weighted by Gasteiger charge is -2.25. The number of halogens is 1. The first-order valence-corrected chi connectivity index (χ1v) is 6.26. The zero-order valence-electron chi connectivity index (χ0n) is 8.73. The third kappa shape index (κ3) is 1.50. The van der Waals surface area contributed by atoms with Gasteiger partial charge in [-0.3, -0.25) is 4.79 Å². The second-order valence-electron chi connectivity index (χ2n) is 4.53. The number of hydrogen-bond donors (Lipinski definition) is 1. The van der Waals surface area contributed by atoms with Gasteiger partial charge in [0.1, 0.15) is 6.26 Å². The van der Waals surface area contributed by atoms with Gasteiger partial charge < -0.3 is 15.1 Å². The van der Waals surface area contributed by atoms with Crippen LogP contribution < -0.4 is 5.73 Å². The van der Waals surface area contributed by atoms with E-state index in [1.165, 1.54) is 6.26 Å². The second-order valence-corrected chi connectivity index (χ2v) is 5.45. The Balaban J connectivity index is 1.84. The predicted octanol–water partition coefficient (Wildman–Crippen LogP) is 1.60. The van der Waals surface area contributed by atoms with Crippen molar-refractivity contribution in [3.8, 4) is 0 Å². The minimum Gasteiger partial charge on any atom is -0.458 e. The Morgan fingerprint density at radius 3 is 3.06 bits per heavy atom. The lowest BCUT2D eigenvalue weighted by Crippen LogP contribution is -2.42. The van der Waals surface area contributed by atoms with E-state index in [0.29, 0.717) is 24.3 Å². The summed E-state index contributed by atoms with van der Waals surface area (Å²) in [6.45, 7) is 0.542. The van der Waals surface area contributed by atoms with Gasteiger partial charge in [0.15, 0.2) is 5.76 Å². The highest BCUT2D eigenvalue weighted by Gasteiger charge is 2.53. The Bertz CT molecular complexity index is 431. The summed E-state index contributed by atoms with van der Waals surface area (Å²) in [5.74, 6) is 1.06. The Morgan fingerprint density at radius 1 is 1.62 bits per heavy atom. The average molecular weight is 285 g/mol. The van der Waals surface area contributed by atoms with Crippen LogP contribution >= 0.6 is 15.9 Å². The largest absolute Gasteiger partial charge is 0.458 e. The number of rotatable bonds is 2. The van der Waals surface area contributed by atoms with Gasteiger partial charge in [-0.05, 0) is 34.7 Å². The number of carbonyl (C=O) groups is 1. The summed E-state index contributed by atoms with van der Waals surface area (Å²) in [4.78, 5) is 14.1. The first-order valence-electron chi connectivity index (χ1n) is 5.47.